The molecule has 3 aromatic carbocycles. The van der Waals surface area contributed by atoms with Gasteiger partial charge in [-0.3, -0.25) is 9.59 Å². The Hall–Kier alpha value is -3.85. The van der Waals surface area contributed by atoms with Gasteiger partial charge in [0.2, 0.25) is 0 Å². The number of nitrogens with one attached hydrogen (secondary N) is 2. The van der Waals surface area contributed by atoms with Gasteiger partial charge in [-0.05, 0) is 59.3 Å². The van der Waals surface area contributed by atoms with Gasteiger partial charge in [0.25, 0.3) is 11.8 Å². The van der Waals surface area contributed by atoms with E-state index in [1.54, 1.807) is 67.8 Å². The van der Waals surface area contributed by atoms with E-state index in [4.69, 9.17) is 14.2 Å². The lowest BCUT2D eigenvalue weighted by molar-refractivity contribution is 0.0956. The van der Waals surface area contributed by atoms with Crippen LogP contribution in [-0.2, 0) is 0 Å². The quantitative estimate of drug-likeness (QED) is 0.306. The molecule has 0 spiro atoms. The molecule has 0 unspecified atom stereocenters. The Morgan fingerprint density at radius 1 is 0.882 bits per heavy atom. The number of ether oxygens (including phenoxy) is 3. The van der Waals surface area contributed by atoms with Crippen LogP contribution in [0.3, 0.4) is 0 Å². The normalized spacial score (nSPS) is 10.6. The molecule has 9 heteroatoms. The molecule has 0 atom stereocenters. The zero-order valence-electron chi connectivity index (χ0n) is 18.9. The van der Waals surface area contributed by atoms with Crippen LogP contribution in [0, 0.1) is 0 Å². The molecule has 0 saturated carbocycles. The lowest BCUT2D eigenvalue weighted by Gasteiger charge is -2.13. The van der Waals surface area contributed by atoms with Crippen molar-refractivity contribution in [2.24, 2.45) is 5.10 Å². The lowest BCUT2D eigenvalue weighted by Crippen LogP contribution is -2.21. The van der Waals surface area contributed by atoms with Crippen LogP contribution >= 0.6 is 15.9 Å². The number of anilines is 1. The van der Waals surface area contributed by atoms with Crippen molar-refractivity contribution in [1.29, 1.82) is 0 Å². The average molecular weight is 526 g/mol. The molecule has 34 heavy (non-hydrogen) atoms. The van der Waals surface area contributed by atoms with Crippen LogP contribution in [0.25, 0.3) is 0 Å². The summed E-state index contributed by atoms with van der Waals surface area (Å²) in [6.45, 7) is 2.27. The Kier molecular flexibility index (Phi) is 8.64. The van der Waals surface area contributed by atoms with Gasteiger partial charge in [-0.2, -0.15) is 5.10 Å². The van der Waals surface area contributed by atoms with Gasteiger partial charge in [0.1, 0.15) is 17.2 Å². The summed E-state index contributed by atoms with van der Waals surface area (Å²) >= 11 is 3.46. The molecule has 0 aliphatic heterocycles. The Morgan fingerprint density at radius 3 is 2.24 bits per heavy atom. The lowest BCUT2D eigenvalue weighted by atomic mass is 10.1. The number of carbonyl (C=O) groups is 2. The Labute approximate surface area is 206 Å². The molecule has 2 N–H and O–H groups in total. The van der Waals surface area contributed by atoms with E-state index in [1.165, 1.54) is 13.3 Å². The summed E-state index contributed by atoms with van der Waals surface area (Å²) in [5.41, 5.74) is 4.04. The molecule has 0 aliphatic carbocycles. The topological polar surface area (TPSA) is 98.2 Å². The number of halogens is 1. The van der Waals surface area contributed by atoms with Crippen LogP contribution < -0.4 is 25.0 Å². The smallest absolute Gasteiger partial charge is 0.273 e. The largest absolute Gasteiger partial charge is 0.496 e. The third-order valence-electron chi connectivity index (χ3n) is 4.76. The Morgan fingerprint density at radius 2 is 1.53 bits per heavy atom. The van der Waals surface area contributed by atoms with Crippen molar-refractivity contribution in [3.05, 3.63) is 81.8 Å². The van der Waals surface area contributed by atoms with Gasteiger partial charge in [-0.25, -0.2) is 5.43 Å². The summed E-state index contributed by atoms with van der Waals surface area (Å²) in [5, 5.41) is 6.84. The van der Waals surface area contributed by atoms with Crippen molar-refractivity contribution in [2.45, 2.75) is 6.92 Å². The standard InChI is InChI=1S/C25H24BrN3O5/c1-4-34-21-12-8-6-10-17(21)24(30)28-19-11-7-5-9-16(19)25(31)29-27-15-18-20(32-2)13-14-22(33-3)23(18)26/h5-15H,4H2,1-3H3,(H,28,30)(H,29,31)/b27-15+. The van der Waals surface area contributed by atoms with E-state index < -0.39 is 11.8 Å². The number of hydrogen-bond donors (Lipinski definition) is 2. The number of rotatable bonds is 9. The second-order valence-electron chi connectivity index (χ2n) is 6.83. The molecule has 0 fully saturated rings. The fraction of sp³-hybridized carbons (Fsp3) is 0.160. The van der Waals surface area contributed by atoms with Crippen LogP contribution in [0.1, 0.15) is 33.2 Å². The molecule has 0 aliphatic rings. The Bertz CT molecular complexity index is 1210. The molecule has 3 rings (SSSR count). The number of methoxy groups -OCH3 is 2. The number of nitrogens with zero attached hydrogens (tertiary/aromatic N) is 1. The first kappa shape index (κ1) is 24.8. The summed E-state index contributed by atoms with van der Waals surface area (Å²) in [6, 6.07) is 17.1. The molecule has 0 heterocycles. The van der Waals surface area contributed by atoms with Gasteiger partial charge >= 0.3 is 0 Å². The molecule has 2 amide bonds. The Balaban J connectivity index is 1.79. The van der Waals surface area contributed by atoms with E-state index in [9.17, 15) is 9.59 Å². The van der Waals surface area contributed by atoms with Crippen molar-refractivity contribution in [2.75, 3.05) is 26.1 Å². The molecule has 176 valence electrons. The number of para-hydroxylation sites is 2. The van der Waals surface area contributed by atoms with Crippen LogP contribution in [0.4, 0.5) is 5.69 Å². The van der Waals surface area contributed by atoms with Gasteiger partial charge < -0.3 is 19.5 Å². The molecular weight excluding hydrogens is 502 g/mol. The van der Waals surface area contributed by atoms with Gasteiger partial charge in [-0.15, -0.1) is 0 Å². The van der Waals surface area contributed by atoms with E-state index >= 15 is 0 Å². The number of hydrazone groups is 1. The molecule has 8 nitrogen and oxygen atoms in total. The van der Waals surface area contributed by atoms with E-state index in [0.717, 1.165) is 0 Å². The summed E-state index contributed by atoms with van der Waals surface area (Å²) in [5.74, 6) is 0.716. The zero-order valence-corrected chi connectivity index (χ0v) is 20.5. The minimum absolute atomic E-state index is 0.249. The summed E-state index contributed by atoms with van der Waals surface area (Å²) < 4.78 is 16.8. The number of carbonyl (C=O) groups excluding carboxylic acids is 2. The third-order valence-corrected chi connectivity index (χ3v) is 5.57. The van der Waals surface area contributed by atoms with Crippen molar-refractivity contribution >= 4 is 39.6 Å². The first-order valence-electron chi connectivity index (χ1n) is 10.4. The van der Waals surface area contributed by atoms with Crippen molar-refractivity contribution < 1.29 is 23.8 Å². The summed E-state index contributed by atoms with van der Waals surface area (Å²) in [6.07, 6.45) is 1.45. The highest BCUT2D eigenvalue weighted by atomic mass is 79.9. The highest BCUT2D eigenvalue weighted by Crippen LogP contribution is 2.33. The third kappa shape index (κ3) is 5.74. The molecule has 0 aromatic heterocycles. The van der Waals surface area contributed by atoms with Crippen LogP contribution in [-0.4, -0.2) is 38.9 Å². The molecule has 0 bridgehead atoms. The van der Waals surface area contributed by atoms with Crippen molar-refractivity contribution in [3.63, 3.8) is 0 Å². The highest BCUT2D eigenvalue weighted by Gasteiger charge is 2.17. The van der Waals surface area contributed by atoms with Crippen LogP contribution in [0.5, 0.6) is 17.2 Å². The van der Waals surface area contributed by atoms with E-state index in [0.29, 0.717) is 45.1 Å². The minimum Gasteiger partial charge on any atom is -0.496 e. The fourth-order valence-corrected chi connectivity index (χ4v) is 3.73. The zero-order chi connectivity index (χ0) is 24.5. The first-order valence-corrected chi connectivity index (χ1v) is 11.2. The first-order chi connectivity index (χ1) is 16.5. The molecular formula is C25H24BrN3O5. The summed E-state index contributed by atoms with van der Waals surface area (Å²) in [4.78, 5) is 25.7. The maximum Gasteiger partial charge on any atom is 0.273 e. The maximum atomic E-state index is 12.9. The highest BCUT2D eigenvalue weighted by molar-refractivity contribution is 9.10. The number of hydrogen-bond acceptors (Lipinski definition) is 6. The fourth-order valence-electron chi connectivity index (χ4n) is 3.14. The van der Waals surface area contributed by atoms with Gasteiger partial charge in [-0.1, -0.05) is 24.3 Å². The van der Waals surface area contributed by atoms with E-state index in [2.05, 4.69) is 31.8 Å². The monoisotopic (exact) mass is 525 g/mol. The predicted octanol–water partition coefficient (Wildman–Crippen LogP) is 4.88. The SMILES string of the molecule is CCOc1ccccc1C(=O)Nc1ccccc1C(=O)N/N=C/c1c(OC)ccc(OC)c1Br. The number of benzene rings is 3. The van der Waals surface area contributed by atoms with Crippen molar-refractivity contribution in [1.82, 2.24) is 5.43 Å². The van der Waals surface area contributed by atoms with Gasteiger partial charge in [0, 0.05) is 0 Å². The molecule has 0 radical (unpaired) electrons. The minimum atomic E-state index is -0.497. The van der Waals surface area contributed by atoms with Crippen LogP contribution in [0.15, 0.2) is 70.2 Å². The van der Waals surface area contributed by atoms with Crippen LogP contribution in [0.2, 0.25) is 0 Å². The number of amides is 2. The maximum absolute atomic E-state index is 12.9. The predicted molar refractivity (Wildman–Crippen MR) is 134 cm³/mol. The van der Waals surface area contributed by atoms with Gasteiger partial charge in [0.05, 0.1) is 53.9 Å². The van der Waals surface area contributed by atoms with E-state index in [-0.39, 0.29) is 5.56 Å². The van der Waals surface area contributed by atoms with E-state index in [1.807, 2.05) is 6.92 Å². The molecule has 3 aromatic rings. The second-order valence-corrected chi connectivity index (χ2v) is 7.62. The molecule has 0 saturated heterocycles. The van der Waals surface area contributed by atoms with Gasteiger partial charge in [0.15, 0.2) is 0 Å². The van der Waals surface area contributed by atoms with Crippen molar-refractivity contribution in [3.8, 4) is 17.2 Å². The second kappa shape index (κ2) is 11.9. The average Bonchev–Trinajstić information content (AvgIpc) is 2.85. The summed E-state index contributed by atoms with van der Waals surface area (Å²) in [7, 11) is 3.08.